The largest absolute Gasteiger partial charge is 0.507 e. The minimum Gasteiger partial charge on any atom is -0.507 e. The van der Waals surface area contributed by atoms with Crippen molar-refractivity contribution in [1.82, 2.24) is 5.32 Å². The molecule has 0 saturated carbocycles. The van der Waals surface area contributed by atoms with Crippen molar-refractivity contribution in [2.45, 2.75) is 39.5 Å². The van der Waals surface area contributed by atoms with Crippen LogP contribution in [0, 0.1) is 0 Å². The summed E-state index contributed by atoms with van der Waals surface area (Å²) in [7, 11) is 0. The molecule has 0 aliphatic carbocycles. The summed E-state index contributed by atoms with van der Waals surface area (Å²) in [5, 5.41) is 12.2. The number of amides is 2. The highest BCUT2D eigenvalue weighted by Gasteiger charge is 2.25. The lowest BCUT2D eigenvalue weighted by Crippen LogP contribution is -2.17. The van der Waals surface area contributed by atoms with Crippen LogP contribution in [-0.4, -0.2) is 16.3 Å². The maximum absolute atomic E-state index is 11.6. The molecule has 1 aliphatic heterocycles. The second-order valence-electron chi connectivity index (χ2n) is 5.71. The Labute approximate surface area is 128 Å². The Bertz CT molecular complexity index is 603. The van der Waals surface area contributed by atoms with Crippen LogP contribution in [0.3, 0.4) is 0 Å². The Hall–Kier alpha value is -1.75. The third kappa shape index (κ3) is 3.29. The van der Waals surface area contributed by atoms with Crippen molar-refractivity contribution >= 4 is 29.0 Å². The number of carbonyl (C=O) groups excluding carboxylic acids is 2. The average Bonchev–Trinajstić information content (AvgIpc) is 2.69. The quantitative estimate of drug-likeness (QED) is 0.829. The van der Waals surface area contributed by atoms with Gasteiger partial charge in [0.25, 0.3) is 11.1 Å². The third-order valence-corrected chi connectivity index (χ3v) is 4.19. The summed E-state index contributed by atoms with van der Waals surface area (Å²) in [5.41, 5.74) is 2.53. The van der Waals surface area contributed by atoms with Crippen LogP contribution in [-0.2, 0) is 4.79 Å². The van der Waals surface area contributed by atoms with Gasteiger partial charge in [0.05, 0.1) is 4.91 Å². The van der Waals surface area contributed by atoms with Gasteiger partial charge in [0.2, 0.25) is 0 Å². The van der Waals surface area contributed by atoms with Crippen LogP contribution in [0.25, 0.3) is 6.08 Å². The molecule has 2 N–H and O–H groups in total. The Morgan fingerprint density at radius 3 is 2.00 bits per heavy atom. The SMILES string of the molecule is CC(C)c1cc(/C=C2\SC(=O)NC2=O)cc(C(C)C)c1O. The first-order valence-corrected chi connectivity index (χ1v) is 7.73. The smallest absolute Gasteiger partial charge is 0.290 e. The van der Waals surface area contributed by atoms with E-state index in [1.54, 1.807) is 6.08 Å². The molecule has 1 aromatic carbocycles. The van der Waals surface area contributed by atoms with Crippen LogP contribution in [0.1, 0.15) is 56.2 Å². The topological polar surface area (TPSA) is 66.4 Å². The molecular weight excluding hydrogens is 286 g/mol. The molecule has 0 atom stereocenters. The maximum atomic E-state index is 11.6. The van der Waals surface area contributed by atoms with Crippen molar-refractivity contribution in [3.8, 4) is 5.75 Å². The molecule has 2 amide bonds. The number of hydrogen-bond acceptors (Lipinski definition) is 4. The molecule has 0 radical (unpaired) electrons. The highest BCUT2D eigenvalue weighted by molar-refractivity contribution is 8.18. The first-order chi connectivity index (χ1) is 9.79. The maximum Gasteiger partial charge on any atom is 0.290 e. The van der Waals surface area contributed by atoms with Crippen molar-refractivity contribution in [2.24, 2.45) is 0 Å². The molecule has 0 spiro atoms. The Morgan fingerprint density at radius 2 is 1.62 bits per heavy atom. The van der Waals surface area contributed by atoms with Crippen molar-refractivity contribution in [3.05, 3.63) is 33.7 Å². The van der Waals surface area contributed by atoms with E-state index in [1.165, 1.54) is 0 Å². The minimum atomic E-state index is -0.365. The zero-order valence-corrected chi connectivity index (χ0v) is 13.4. The molecule has 1 saturated heterocycles. The van der Waals surface area contributed by atoms with Gasteiger partial charge < -0.3 is 5.11 Å². The van der Waals surface area contributed by atoms with Gasteiger partial charge in [-0.1, -0.05) is 27.7 Å². The number of hydrogen-bond donors (Lipinski definition) is 2. The zero-order chi connectivity index (χ0) is 15.7. The third-order valence-electron chi connectivity index (χ3n) is 3.38. The fourth-order valence-electron chi connectivity index (χ4n) is 2.24. The second kappa shape index (κ2) is 5.93. The summed E-state index contributed by atoms with van der Waals surface area (Å²) >= 11 is 0.900. The Balaban J connectivity index is 2.52. The number of phenolic OH excluding ortho intramolecular Hbond substituents is 1. The number of nitrogens with one attached hydrogen (secondary N) is 1. The first-order valence-electron chi connectivity index (χ1n) is 6.91. The number of benzene rings is 1. The number of phenols is 1. The summed E-state index contributed by atoms with van der Waals surface area (Å²) in [6, 6.07) is 3.74. The molecule has 0 aromatic heterocycles. The Morgan fingerprint density at radius 1 is 1.10 bits per heavy atom. The van der Waals surface area contributed by atoms with Gasteiger partial charge in [0.1, 0.15) is 5.75 Å². The number of thioether (sulfide) groups is 1. The highest BCUT2D eigenvalue weighted by Crippen LogP contribution is 2.36. The summed E-state index contributed by atoms with van der Waals surface area (Å²) in [5.74, 6) is 0.303. The van der Waals surface area contributed by atoms with E-state index < -0.39 is 0 Å². The zero-order valence-electron chi connectivity index (χ0n) is 12.6. The lowest BCUT2D eigenvalue weighted by molar-refractivity contribution is -0.115. The average molecular weight is 305 g/mol. The van der Waals surface area contributed by atoms with Crippen LogP contribution in [0.2, 0.25) is 0 Å². The van der Waals surface area contributed by atoms with Gasteiger partial charge in [-0.15, -0.1) is 0 Å². The van der Waals surface area contributed by atoms with Gasteiger partial charge >= 0.3 is 0 Å². The van der Waals surface area contributed by atoms with Crippen molar-refractivity contribution < 1.29 is 14.7 Å². The molecule has 5 heteroatoms. The van der Waals surface area contributed by atoms with E-state index in [0.29, 0.717) is 10.7 Å². The number of imide groups is 1. The molecule has 1 fully saturated rings. The molecule has 21 heavy (non-hydrogen) atoms. The monoisotopic (exact) mass is 305 g/mol. The molecule has 0 bridgehead atoms. The standard InChI is InChI=1S/C16H19NO3S/c1-8(2)11-5-10(6-12(9(3)4)14(11)18)7-13-15(19)17-16(20)21-13/h5-9,18H,1-4H3,(H,17,19,20)/b13-7-. The van der Waals surface area contributed by atoms with Gasteiger partial charge in [-0.25, -0.2) is 0 Å². The molecule has 0 unspecified atom stereocenters. The van der Waals surface area contributed by atoms with E-state index in [-0.39, 0.29) is 23.0 Å². The van der Waals surface area contributed by atoms with E-state index in [0.717, 1.165) is 28.5 Å². The molecule has 112 valence electrons. The van der Waals surface area contributed by atoms with Gasteiger partial charge in [0, 0.05) is 0 Å². The van der Waals surface area contributed by atoms with Gasteiger partial charge in [-0.05, 0) is 58.5 Å². The summed E-state index contributed by atoms with van der Waals surface area (Å²) in [6.45, 7) is 8.04. The van der Waals surface area contributed by atoms with Crippen molar-refractivity contribution in [3.63, 3.8) is 0 Å². The van der Waals surface area contributed by atoms with E-state index in [9.17, 15) is 14.7 Å². The van der Waals surface area contributed by atoms with Gasteiger partial charge in [-0.2, -0.15) is 0 Å². The molecule has 1 heterocycles. The number of carbonyl (C=O) groups is 2. The lowest BCUT2D eigenvalue weighted by Gasteiger charge is -2.16. The van der Waals surface area contributed by atoms with Crippen LogP contribution < -0.4 is 5.32 Å². The normalized spacial score (nSPS) is 17.1. The van der Waals surface area contributed by atoms with Crippen molar-refractivity contribution in [2.75, 3.05) is 0 Å². The predicted molar refractivity (Wildman–Crippen MR) is 85.4 cm³/mol. The van der Waals surface area contributed by atoms with Gasteiger partial charge in [-0.3, -0.25) is 14.9 Å². The number of rotatable bonds is 3. The van der Waals surface area contributed by atoms with Gasteiger partial charge in [0.15, 0.2) is 0 Å². The molecule has 4 nitrogen and oxygen atoms in total. The minimum absolute atomic E-state index is 0.174. The summed E-state index contributed by atoms with van der Waals surface area (Å²) in [6.07, 6.45) is 1.70. The molecular formula is C16H19NO3S. The van der Waals surface area contributed by atoms with E-state index >= 15 is 0 Å². The Kier molecular flexibility index (Phi) is 4.42. The molecule has 2 rings (SSSR count). The van der Waals surface area contributed by atoms with Crippen LogP contribution in [0.15, 0.2) is 17.0 Å². The van der Waals surface area contributed by atoms with E-state index in [4.69, 9.17) is 0 Å². The second-order valence-corrected chi connectivity index (χ2v) is 6.72. The van der Waals surface area contributed by atoms with Crippen LogP contribution in [0.5, 0.6) is 5.75 Å². The molecule has 1 aromatic rings. The fourth-order valence-corrected chi connectivity index (χ4v) is 2.92. The van der Waals surface area contributed by atoms with Crippen LogP contribution in [0.4, 0.5) is 4.79 Å². The first kappa shape index (κ1) is 15.6. The van der Waals surface area contributed by atoms with E-state index in [1.807, 2.05) is 39.8 Å². The molecule has 1 aliphatic rings. The highest BCUT2D eigenvalue weighted by atomic mass is 32.2. The van der Waals surface area contributed by atoms with E-state index in [2.05, 4.69) is 5.32 Å². The van der Waals surface area contributed by atoms with Crippen LogP contribution >= 0.6 is 11.8 Å². The summed E-state index contributed by atoms with van der Waals surface area (Å²) < 4.78 is 0. The fraction of sp³-hybridized carbons (Fsp3) is 0.375. The predicted octanol–water partition coefficient (Wildman–Crippen LogP) is 3.96. The summed E-state index contributed by atoms with van der Waals surface area (Å²) in [4.78, 5) is 23.2. The number of aromatic hydroxyl groups is 1. The van der Waals surface area contributed by atoms with Crippen molar-refractivity contribution in [1.29, 1.82) is 0 Å². The lowest BCUT2D eigenvalue weighted by atomic mass is 9.91.